The summed E-state index contributed by atoms with van der Waals surface area (Å²) in [4.78, 5) is 14.6. The summed E-state index contributed by atoms with van der Waals surface area (Å²) in [5.74, 6) is 0.969. The van der Waals surface area contributed by atoms with Crippen LogP contribution in [0.4, 0.5) is 11.5 Å². The number of nitriles is 1. The minimum absolute atomic E-state index is 0.141. The molecule has 2 fully saturated rings. The Labute approximate surface area is 217 Å². The van der Waals surface area contributed by atoms with Gasteiger partial charge in [-0.25, -0.2) is 0 Å². The molecular weight excluding hydrogens is 472 g/mol. The number of hydrogen-bond acceptors (Lipinski definition) is 7. The zero-order valence-corrected chi connectivity index (χ0v) is 21.4. The van der Waals surface area contributed by atoms with Gasteiger partial charge in [0.2, 0.25) is 0 Å². The van der Waals surface area contributed by atoms with Crippen LogP contribution in [0.3, 0.4) is 0 Å². The van der Waals surface area contributed by atoms with Crippen LogP contribution >= 0.6 is 11.6 Å². The van der Waals surface area contributed by atoms with Gasteiger partial charge in [0.25, 0.3) is 0 Å². The van der Waals surface area contributed by atoms with Crippen LogP contribution in [0.15, 0.2) is 36.4 Å². The first-order valence-corrected chi connectivity index (χ1v) is 13.2. The molecule has 36 heavy (non-hydrogen) atoms. The Morgan fingerprint density at radius 2 is 2.00 bits per heavy atom. The van der Waals surface area contributed by atoms with Gasteiger partial charge in [0.05, 0.1) is 36.4 Å². The van der Waals surface area contributed by atoms with Crippen molar-refractivity contribution in [3.05, 3.63) is 52.7 Å². The third-order valence-electron chi connectivity index (χ3n) is 7.74. The van der Waals surface area contributed by atoms with Crippen molar-refractivity contribution in [1.29, 1.82) is 5.26 Å². The van der Waals surface area contributed by atoms with Gasteiger partial charge in [0.1, 0.15) is 5.82 Å². The van der Waals surface area contributed by atoms with Crippen molar-refractivity contribution >= 4 is 33.9 Å². The molecule has 6 rings (SSSR count). The lowest BCUT2D eigenvalue weighted by Crippen LogP contribution is -2.51. The van der Waals surface area contributed by atoms with Crippen molar-refractivity contribution in [2.75, 3.05) is 42.6 Å². The minimum atomic E-state index is 0.141. The Morgan fingerprint density at radius 1 is 1.17 bits per heavy atom. The van der Waals surface area contributed by atoms with Gasteiger partial charge in [0.15, 0.2) is 0 Å². The molecule has 3 heterocycles. The molecular formula is C28H31ClN6O. The topological polar surface area (TPSA) is 77.3 Å². The monoisotopic (exact) mass is 502 g/mol. The number of nitrogens with zero attached hydrogens (tertiary/aromatic N) is 5. The van der Waals surface area contributed by atoms with E-state index in [1.807, 2.05) is 12.1 Å². The van der Waals surface area contributed by atoms with E-state index in [0.717, 1.165) is 65.6 Å². The predicted molar refractivity (Wildman–Crippen MR) is 143 cm³/mol. The molecule has 2 aliphatic heterocycles. The highest BCUT2D eigenvalue weighted by atomic mass is 35.5. The van der Waals surface area contributed by atoms with Crippen LogP contribution in [0.25, 0.3) is 10.8 Å². The third kappa shape index (κ3) is 4.56. The van der Waals surface area contributed by atoms with Crippen LogP contribution < -0.4 is 19.9 Å². The van der Waals surface area contributed by atoms with E-state index in [9.17, 15) is 5.26 Å². The number of aromatic nitrogens is 2. The summed E-state index contributed by atoms with van der Waals surface area (Å²) < 4.78 is 6.18. The molecule has 1 unspecified atom stereocenters. The summed E-state index contributed by atoms with van der Waals surface area (Å²) in [6, 6.07) is 15.3. The highest BCUT2D eigenvalue weighted by Gasteiger charge is 2.38. The number of hydrogen-bond donors (Lipinski definition) is 1. The fourth-order valence-electron chi connectivity index (χ4n) is 5.32. The molecule has 1 saturated heterocycles. The number of ether oxygens (including phenoxy) is 1. The number of piperazine rings is 1. The van der Waals surface area contributed by atoms with Gasteiger partial charge in [0, 0.05) is 54.3 Å². The number of anilines is 2. The van der Waals surface area contributed by atoms with Crippen molar-refractivity contribution in [2.45, 2.75) is 45.2 Å². The van der Waals surface area contributed by atoms with E-state index < -0.39 is 0 Å². The van der Waals surface area contributed by atoms with Crippen molar-refractivity contribution in [3.63, 3.8) is 0 Å². The highest BCUT2D eigenvalue weighted by molar-refractivity contribution is 6.36. The molecule has 1 aliphatic carbocycles. The molecule has 1 N–H and O–H groups in total. The van der Waals surface area contributed by atoms with Gasteiger partial charge in [-0.05, 0) is 36.8 Å². The molecule has 7 nitrogen and oxygen atoms in total. The molecule has 3 aliphatic rings. The second kappa shape index (κ2) is 9.42. The van der Waals surface area contributed by atoms with Crippen molar-refractivity contribution in [2.24, 2.45) is 5.41 Å². The number of nitrogens with one attached hydrogen (secondary N) is 1. The lowest BCUT2D eigenvalue weighted by molar-refractivity contribution is 0.228. The van der Waals surface area contributed by atoms with Crippen molar-refractivity contribution in [1.82, 2.24) is 15.3 Å². The zero-order chi connectivity index (χ0) is 24.7. The summed E-state index contributed by atoms with van der Waals surface area (Å²) in [5, 5.41) is 15.7. The van der Waals surface area contributed by atoms with E-state index in [2.05, 4.69) is 52.4 Å². The van der Waals surface area contributed by atoms with E-state index in [-0.39, 0.29) is 11.5 Å². The van der Waals surface area contributed by atoms with Crippen LogP contribution in [-0.2, 0) is 13.0 Å². The van der Waals surface area contributed by atoms with Crippen LogP contribution in [0, 0.1) is 16.7 Å². The molecule has 1 aromatic heterocycles. The highest BCUT2D eigenvalue weighted by Crippen LogP contribution is 2.45. The predicted octanol–water partition coefficient (Wildman–Crippen LogP) is 4.72. The van der Waals surface area contributed by atoms with Crippen LogP contribution in [0.5, 0.6) is 6.01 Å². The standard InChI is InChI=1S/C28H31ClN6O/c1-28(10-11-28)18-36-27-32-23-17-34(24-7-3-5-19-4-2-6-22(29)25(19)24)14-9-21(23)26(33-27)35-15-13-31-20(16-35)8-12-30/h2-7,20,31H,8-11,13-18H2,1H3. The van der Waals surface area contributed by atoms with Crippen molar-refractivity contribution in [3.8, 4) is 12.1 Å². The molecule has 0 spiro atoms. The summed E-state index contributed by atoms with van der Waals surface area (Å²) in [6.45, 7) is 6.88. The second-order valence-corrected chi connectivity index (χ2v) is 11.0. The number of halogens is 1. The van der Waals surface area contributed by atoms with Gasteiger partial charge in [-0.3, -0.25) is 0 Å². The molecule has 2 aromatic carbocycles. The van der Waals surface area contributed by atoms with Crippen molar-refractivity contribution < 1.29 is 4.74 Å². The average Bonchev–Trinajstić information content (AvgIpc) is 3.64. The number of fused-ring (bicyclic) bond motifs is 2. The molecule has 0 amide bonds. The fraction of sp³-hybridized carbons (Fsp3) is 0.464. The Kier molecular flexibility index (Phi) is 6.10. The van der Waals surface area contributed by atoms with Crippen LogP contribution in [0.1, 0.15) is 37.4 Å². The molecule has 1 atom stereocenters. The van der Waals surface area contributed by atoms with Gasteiger partial charge in [-0.15, -0.1) is 0 Å². The minimum Gasteiger partial charge on any atom is -0.463 e. The summed E-state index contributed by atoms with van der Waals surface area (Å²) >= 11 is 6.66. The average molecular weight is 503 g/mol. The molecule has 8 heteroatoms. The second-order valence-electron chi connectivity index (χ2n) is 10.6. The van der Waals surface area contributed by atoms with E-state index in [1.54, 1.807) is 0 Å². The number of rotatable bonds is 6. The first-order valence-electron chi connectivity index (χ1n) is 12.8. The van der Waals surface area contributed by atoms with E-state index in [1.165, 1.54) is 18.4 Å². The van der Waals surface area contributed by atoms with Gasteiger partial charge >= 0.3 is 6.01 Å². The maximum atomic E-state index is 9.23. The molecule has 0 radical (unpaired) electrons. The molecule has 3 aromatic rings. The number of benzene rings is 2. The molecule has 0 bridgehead atoms. The third-order valence-corrected chi connectivity index (χ3v) is 8.06. The lowest BCUT2D eigenvalue weighted by atomic mass is 10.0. The van der Waals surface area contributed by atoms with Crippen LogP contribution in [-0.4, -0.2) is 48.8 Å². The zero-order valence-electron chi connectivity index (χ0n) is 20.6. The fourth-order valence-corrected chi connectivity index (χ4v) is 5.60. The largest absolute Gasteiger partial charge is 0.463 e. The SMILES string of the molecule is CC1(COc2nc3c(c(N4CCNC(CC#N)C4)n2)CCN(c2cccc4cccc(Cl)c24)C3)CC1. The van der Waals surface area contributed by atoms with E-state index in [0.29, 0.717) is 25.6 Å². The first kappa shape index (κ1) is 23.3. The Morgan fingerprint density at radius 3 is 2.81 bits per heavy atom. The van der Waals surface area contributed by atoms with Gasteiger partial charge in [-0.1, -0.05) is 42.8 Å². The molecule has 1 saturated carbocycles. The van der Waals surface area contributed by atoms with Crippen LogP contribution in [0.2, 0.25) is 5.02 Å². The summed E-state index contributed by atoms with van der Waals surface area (Å²) in [7, 11) is 0. The summed E-state index contributed by atoms with van der Waals surface area (Å²) in [5.41, 5.74) is 3.59. The van der Waals surface area contributed by atoms with E-state index >= 15 is 0 Å². The van der Waals surface area contributed by atoms with E-state index in [4.69, 9.17) is 26.3 Å². The molecule has 186 valence electrons. The smallest absolute Gasteiger partial charge is 0.318 e. The Bertz CT molecular complexity index is 1330. The van der Waals surface area contributed by atoms with Gasteiger partial charge in [-0.2, -0.15) is 15.2 Å². The quantitative estimate of drug-likeness (QED) is 0.522. The first-order chi connectivity index (χ1) is 17.5. The maximum Gasteiger partial charge on any atom is 0.318 e. The Hall–Kier alpha value is -3.08. The summed E-state index contributed by atoms with van der Waals surface area (Å²) in [6.07, 6.45) is 3.71. The normalized spacial score (nSPS) is 20.6. The Balaban J connectivity index is 1.35. The maximum absolute atomic E-state index is 9.23. The van der Waals surface area contributed by atoms with Gasteiger partial charge < -0.3 is 19.9 Å². The lowest BCUT2D eigenvalue weighted by Gasteiger charge is -2.37.